The molecule has 1 N–H and O–H groups in total. The second-order valence-electron chi connectivity index (χ2n) is 5.02. The predicted molar refractivity (Wildman–Crippen MR) is 83.3 cm³/mol. The van der Waals surface area contributed by atoms with Crippen LogP contribution < -0.4 is 5.32 Å². The van der Waals surface area contributed by atoms with Crippen LogP contribution in [0.3, 0.4) is 0 Å². The molecule has 0 fully saturated rings. The molecule has 0 aliphatic carbocycles. The van der Waals surface area contributed by atoms with E-state index in [1.807, 2.05) is 74.5 Å². The topological polar surface area (TPSA) is 48.2 Å². The van der Waals surface area contributed by atoms with E-state index < -0.39 is 5.54 Å². The van der Waals surface area contributed by atoms with Gasteiger partial charge in [0.1, 0.15) is 11.8 Å². The van der Waals surface area contributed by atoms with E-state index >= 15 is 0 Å². The Kier molecular flexibility index (Phi) is 4.17. The van der Waals surface area contributed by atoms with E-state index in [9.17, 15) is 5.26 Å². The molecule has 2 rings (SSSR count). The molecule has 0 saturated carbocycles. The monoisotopic (exact) mass is 263 g/mol. The number of rotatable bonds is 4. The van der Waals surface area contributed by atoms with Gasteiger partial charge in [0.15, 0.2) is 0 Å². The van der Waals surface area contributed by atoms with Crippen molar-refractivity contribution in [2.24, 2.45) is 4.99 Å². The summed E-state index contributed by atoms with van der Waals surface area (Å²) >= 11 is 0. The normalized spacial score (nSPS) is 11.8. The second-order valence-corrected chi connectivity index (χ2v) is 5.02. The molecule has 0 unspecified atom stereocenters. The van der Waals surface area contributed by atoms with E-state index in [0.717, 1.165) is 11.4 Å². The van der Waals surface area contributed by atoms with Gasteiger partial charge < -0.3 is 5.32 Å². The highest BCUT2D eigenvalue weighted by atomic mass is 15.0. The fourth-order valence-electron chi connectivity index (χ4n) is 1.88. The maximum Gasteiger partial charge on any atom is 0.143 e. The molecule has 0 bridgehead atoms. The summed E-state index contributed by atoms with van der Waals surface area (Å²) in [5, 5.41) is 12.7. The molecule has 0 aliphatic heterocycles. The Labute approximate surface area is 119 Å². The molecule has 0 radical (unpaired) electrons. The zero-order valence-corrected chi connectivity index (χ0v) is 11.7. The molecule has 0 saturated heterocycles. The summed E-state index contributed by atoms with van der Waals surface area (Å²) in [6.07, 6.45) is 0. The summed E-state index contributed by atoms with van der Waals surface area (Å²) in [6.45, 7) is 3.90. The van der Waals surface area contributed by atoms with Crippen LogP contribution in [0.2, 0.25) is 0 Å². The number of para-hydroxylation sites is 2. The summed E-state index contributed by atoms with van der Waals surface area (Å²) in [4.78, 5) is 4.44. The van der Waals surface area contributed by atoms with Crippen molar-refractivity contribution in [3.05, 3.63) is 60.7 Å². The van der Waals surface area contributed by atoms with Crippen molar-refractivity contribution in [2.45, 2.75) is 19.4 Å². The SMILES string of the molecule is CC(C)(Nc1ccccc1)C(C#N)=Nc1ccccc1. The highest BCUT2D eigenvalue weighted by Gasteiger charge is 2.25. The van der Waals surface area contributed by atoms with Crippen molar-refractivity contribution in [3.8, 4) is 6.07 Å². The van der Waals surface area contributed by atoms with E-state index in [-0.39, 0.29) is 0 Å². The molecule has 0 heterocycles. The van der Waals surface area contributed by atoms with Crippen LogP contribution in [0.1, 0.15) is 13.8 Å². The van der Waals surface area contributed by atoms with Gasteiger partial charge in [0.05, 0.1) is 11.2 Å². The Bertz CT molecular complexity index is 622. The van der Waals surface area contributed by atoms with E-state index in [1.165, 1.54) is 0 Å². The van der Waals surface area contributed by atoms with Crippen LogP contribution in [0.15, 0.2) is 65.7 Å². The van der Waals surface area contributed by atoms with Crippen molar-refractivity contribution < 1.29 is 0 Å². The average Bonchev–Trinajstić information content (AvgIpc) is 2.46. The number of anilines is 1. The lowest BCUT2D eigenvalue weighted by atomic mass is 9.98. The summed E-state index contributed by atoms with van der Waals surface area (Å²) in [5.41, 5.74) is 1.67. The van der Waals surface area contributed by atoms with Crippen molar-refractivity contribution in [2.75, 3.05) is 5.32 Å². The zero-order valence-electron chi connectivity index (χ0n) is 11.7. The van der Waals surface area contributed by atoms with Gasteiger partial charge >= 0.3 is 0 Å². The van der Waals surface area contributed by atoms with Crippen LogP contribution in [0.25, 0.3) is 0 Å². The van der Waals surface area contributed by atoms with Crippen molar-refractivity contribution >= 4 is 17.1 Å². The molecule has 2 aromatic rings. The molecule has 0 aromatic heterocycles. The minimum atomic E-state index is -0.536. The highest BCUT2D eigenvalue weighted by molar-refractivity contribution is 6.08. The fraction of sp³-hybridized carbons (Fsp3) is 0.176. The molecule has 0 atom stereocenters. The summed E-state index contributed by atoms with van der Waals surface area (Å²) < 4.78 is 0. The third-order valence-electron chi connectivity index (χ3n) is 2.93. The maximum absolute atomic E-state index is 9.38. The average molecular weight is 263 g/mol. The summed E-state index contributed by atoms with van der Waals surface area (Å²) in [7, 11) is 0. The third kappa shape index (κ3) is 3.46. The first-order chi connectivity index (χ1) is 9.62. The van der Waals surface area contributed by atoms with Gasteiger partial charge in [-0.2, -0.15) is 5.26 Å². The van der Waals surface area contributed by atoms with Crippen molar-refractivity contribution in [1.29, 1.82) is 5.26 Å². The Morgan fingerprint density at radius 2 is 1.55 bits per heavy atom. The van der Waals surface area contributed by atoms with Crippen LogP contribution in [-0.4, -0.2) is 11.3 Å². The molecule has 3 nitrogen and oxygen atoms in total. The lowest BCUT2D eigenvalue weighted by molar-refractivity contribution is 0.763. The van der Waals surface area contributed by atoms with E-state index in [0.29, 0.717) is 5.71 Å². The molecule has 2 aromatic carbocycles. The van der Waals surface area contributed by atoms with E-state index in [2.05, 4.69) is 16.4 Å². The van der Waals surface area contributed by atoms with Gasteiger partial charge in [-0.3, -0.25) is 0 Å². The highest BCUT2D eigenvalue weighted by Crippen LogP contribution is 2.19. The van der Waals surface area contributed by atoms with Crippen LogP contribution >= 0.6 is 0 Å². The minimum absolute atomic E-state index is 0.451. The van der Waals surface area contributed by atoms with Gasteiger partial charge in [0.25, 0.3) is 0 Å². The molecule has 3 heteroatoms. The minimum Gasteiger partial charge on any atom is -0.374 e. The summed E-state index contributed by atoms with van der Waals surface area (Å²) in [5.74, 6) is 0. The number of aliphatic imine (C=N–C) groups is 1. The third-order valence-corrected chi connectivity index (χ3v) is 2.93. The largest absolute Gasteiger partial charge is 0.374 e. The van der Waals surface area contributed by atoms with Gasteiger partial charge in [-0.25, -0.2) is 4.99 Å². The lowest BCUT2D eigenvalue weighted by Gasteiger charge is -2.25. The first-order valence-electron chi connectivity index (χ1n) is 6.49. The summed E-state index contributed by atoms with van der Waals surface area (Å²) in [6, 6.07) is 21.5. The van der Waals surface area contributed by atoms with Gasteiger partial charge in [0.2, 0.25) is 0 Å². The molecule has 0 spiro atoms. The second kappa shape index (κ2) is 6.03. The fourth-order valence-corrected chi connectivity index (χ4v) is 1.88. The molecule has 20 heavy (non-hydrogen) atoms. The standard InChI is InChI=1S/C17H17N3/c1-17(2,20-15-11-7-4-8-12-15)16(13-18)19-14-9-5-3-6-10-14/h3-12,20H,1-2H3. The van der Waals surface area contributed by atoms with Crippen molar-refractivity contribution in [1.82, 2.24) is 0 Å². The van der Waals surface area contributed by atoms with Crippen molar-refractivity contribution in [3.63, 3.8) is 0 Å². The Balaban J connectivity index is 2.26. The van der Waals surface area contributed by atoms with Gasteiger partial charge in [0, 0.05) is 5.69 Å². The quantitative estimate of drug-likeness (QED) is 0.841. The number of hydrogen-bond donors (Lipinski definition) is 1. The molecule has 100 valence electrons. The Morgan fingerprint density at radius 1 is 1.00 bits per heavy atom. The molecule has 0 aliphatic rings. The van der Waals surface area contributed by atoms with Crippen LogP contribution in [-0.2, 0) is 0 Å². The number of hydrogen-bond acceptors (Lipinski definition) is 3. The van der Waals surface area contributed by atoms with Crippen LogP contribution in [0.5, 0.6) is 0 Å². The predicted octanol–water partition coefficient (Wildman–Crippen LogP) is 4.17. The molecular weight excluding hydrogens is 246 g/mol. The zero-order chi connectivity index (χ0) is 14.4. The first-order valence-corrected chi connectivity index (χ1v) is 6.49. The van der Waals surface area contributed by atoms with Gasteiger partial charge in [-0.1, -0.05) is 36.4 Å². The molecule has 0 amide bonds. The molecular formula is C17H17N3. The van der Waals surface area contributed by atoms with E-state index in [1.54, 1.807) is 0 Å². The van der Waals surface area contributed by atoms with Gasteiger partial charge in [-0.15, -0.1) is 0 Å². The smallest absolute Gasteiger partial charge is 0.143 e. The number of nitrogens with zero attached hydrogens (tertiary/aromatic N) is 2. The number of nitriles is 1. The number of nitrogens with one attached hydrogen (secondary N) is 1. The first kappa shape index (κ1) is 13.8. The van der Waals surface area contributed by atoms with Gasteiger partial charge in [-0.05, 0) is 38.1 Å². The van der Waals surface area contributed by atoms with Crippen LogP contribution in [0, 0.1) is 11.3 Å². The number of benzene rings is 2. The lowest BCUT2D eigenvalue weighted by Crippen LogP contribution is -2.39. The Morgan fingerprint density at radius 3 is 2.10 bits per heavy atom. The maximum atomic E-state index is 9.38. The van der Waals surface area contributed by atoms with E-state index in [4.69, 9.17) is 0 Å². The van der Waals surface area contributed by atoms with Crippen LogP contribution in [0.4, 0.5) is 11.4 Å². The Hall–Kier alpha value is -2.60.